The summed E-state index contributed by atoms with van der Waals surface area (Å²) in [5.41, 5.74) is 7.81. The molecule has 1 aliphatic carbocycles. The van der Waals surface area contributed by atoms with Crippen LogP contribution in [0.2, 0.25) is 0 Å². The standard InChI is InChI=1S/C25H32O/c1-3-4-5-6-7-8-9-10-20-11-15-24-22(17-20)12-13-23-18-21(19(2)26)14-16-25(23)24/h11,14-18H,3-10,12-13H2,1-2H3. The summed E-state index contributed by atoms with van der Waals surface area (Å²) < 4.78 is 0. The maximum Gasteiger partial charge on any atom is 0.159 e. The van der Waals surface area contributed by atoms with Crippen LogP contribution in [0.4, 0.5) is 0 Å². The van der Waals surface area contributed by atoms with Crippen molar-refractivity contribution in [2.45, 2.75) is 78.1 Å². The van der Waals surface area contributed by atoms with Gasteiger partial charge in [-0.25, -0.2) is 0 Å². The molecule has 3 rings (SSSR count). The molecule has 26 heavy (non-hydrogen) atoms. The van der Waals surface area contributed by atoms with Gasteiger partial charge in [-0.1, -0.05) is 75.8 Å². The maximum atomic E-state index is 11.6. The monoisotopic (exact) mass is 348 g/mol. The molecule has 2 aromatic rings. The van der Waals surface area contributed by atoms with Gasteiger partial charge in [-0.05, 0) is 66.5 Å². The Morgan fingerprint density at radius 3 is 2.12 bits per heavy atom. The Labute approximate surface area is 158 Å². The summed E-state index contributed by atoms with van der Waals surface area (Å²) in [5.74, 6) is 0.156. The molecule has 138 valence electrons. The van der Waals surface area contributed by atoms with Crippen molar-refractivity contribution >= 4 is 5.78 Å². The SMILES string of the molecule is CCCCCCCCCc1ccc2c(c1)CCc1cc(C(C)=O)ccc1-2. The van der Waals surface area contributed by atoms with Gasteiger partial charge >= 0.3 is 0 Å². The van der Waals surface area contributed by atoms with E-state index in [4.69, 9.17) is 0 Å². The lowest BCUT2D eigenvalue weighted by Crippen LogP contribution is -2.06. The fraction of sp³-hybridized carbons (Fsp3) is 0.480. The van der Waals surface area contributed by atoms with Crippen molar-refractivity contribution in [3.8, 4) is 11.1 Å². The van der Waals surface area contributed by atoms with E-state index >= 15 is 0 Å². The third kappa shape index (κ3) is 4.63. The Bertz CT molecular complexity index is 757. The first-order valence-corrected chi connectivity index (χ1v) is 10.4. The van der Waals surface area contributed by atoms with Gasteiger partial charge in [-0.2, -0.15) is 0 Å². The molecular formula is C25H32O. The molecule has 1 nitrogen and oxygen atoms in total. The summed E-state index contributed by atoms with van der Waals surface area (Å²) in [4.78, 5) is 11.6. The molecule has 2 aromatic carbocycles. The lowest BCUT2D eigenvalue weighted by molar-refractivity contribution is 0.101. The van der Waals surface area contributed by atoms with E-state index in [1.54, 1.807) is 6.92 Å². The van der Waals surface area contributed by atoms with Crippen LogP contribution < -0.4 is 0 Å². The van der Waals surface area contributed by atoms with Gasteiger partial charge in [0, 0.05) is 5.56 Å². The molecule has 0 aliphatic heterocycles. The van der Waals surface area contributed by atoms with Crippen LogP contribution in [0.25, 0.3) is 11.1 Å². The third-order valence-corrected chi connectivity index (χ3v) is 5.70. The molecule has 0 saturated carbocycles. The molecule has 0 fully saturated rings. The van der Waals surface area contributed by atoms with E-state index in [2.05, 4.69) is 37.3 Å². The normalized spacial score (nSPS) is 12.5. The maximum absolute atomic E-state index is 11.6. The number of ketones is 1. The highest BCUT2D eigenvalue weighted by atomic mass is 16.1. The molecule has 0 atom stereocenters. The highest BCUT2D eigenvalue weighted by molar-refractivity contribution is 5.95. The average molecular weight is 349 g/mol. The number of aryl methyl sites for hydroxylation is 3. The Kier molecular flexibility index (Phi) is 6.66. The van der Waals surface area contributed by atoms with Gasteiger partial charge in [0.1, 0.15) is 0 Å². The second kappa shape index (κ2) is 9.16. The zero-order valence-electron chi connectivity index (χ0n) is 16.4. The number of benzene rings is 2. The van der Waals surface area contributed by atoms with Gasteiger partial charge in [-0.15, -0.1) is 0 Å². The van der Waals surface area contributed by atoms with Crippen LogP contribution in [0.1, 0.15) is 85.8 Å². The van der Waals surface area contributed by atoms with Gasteiger partial charge in [0.05, 0.1) is 0 Å². The smallest absolute Gasteiger partial charge is 0.159 e. The number of carbonyl (C=O) groups excluding carboxylic acids is 1. The molecule has 0 heterocycles. The van der Waals surface area contributed by atoms with Crippen LogP contribution in [-0.2, 0) is 19.3 Å². The summed E-state index contributed by atoms with van der Waals surface area (Å²) in [6.07, 6.45) is 12.9. The first-order valence-electron chi connectivity index (χ1n) is 10.4. The van der Waals surface area contributed by atoms with E-state index in [1.165, 1.54) is 79.2 Å². The molecule has 0 N–H and O–H groups in total. The molecule has 1 heteroatoms. The Balaban J connectivity index is 1.60. The number of unbranched alkanes of at least 4 members (excludes halogenated alkanes) is 6. The molecule has 0 unspecified atom stereocenters. The van der Waals surface area contributed by atoms with Gasteiger partial charge in [-0.3, -0.25) is 4.79 Å². The van der Waals surface area contributed by atoms with Crippen molar-refractivity contribution in [2.75, 3.05) is 0 Å². The Morgan fingerprint density at radius 1 is 0.808 bits per heavy atom. The quantitative estimate of drug-likeness (QED) is 0.354. The molecule has 0 saturated heterocycles. The van der Waals surface area contributed by atoms with Crippen LogP contribution in [-0.4, -0.2) is 5.78 Å². The van der Waals surface area contributed by atoms with Gasteiger partial charge < -0.3 is 0 Å². The van der Waals surface area contributed by atoms with E-state index in [0.717, 1.165) is 18.4 Å². The zero-order chi connectivity index (χ0) is 18.4. The van der Waals surface area contributed by atoms with Crippen LogP contribution in [0.3, 0.4) is 0 Å². The van der Waals surface area contributed by atoms with E-state index in [-0.39, 0.29) is 5.78 Å². The fourth-order valence-electron chi connectivity index (χ4n) is 4.11. The number of hydrogen-bond donors (Lipinski definition) is 0. The van der Waals surface area contributed by atoms with Crippen molar-refractivity contribution < 1.29 is 4.79 Å². The highest BCUT2D eigenvalue weighted by Gasteiger charge is 2.17. The number of hydrogen-bond acceptors (Lipinski definition) is 1. The second-order valence-electron chi connectivity index (χ2n) is 7.79. The molecule has 0 spiro atoms. The van der Waals surface area contributed by atoms with Crippen LogP contribution in [0, 0.1) is 0 Å². The molecule has 1 aliphatic rings. The van der Waals surface area contributed by atoms with Crippen LogP contribution >= 0.6 is 0 Å². The molecular weight excluding hydrogens is 316 g/mol. The zero-order valence-corrected chi connectivity index (χ0v) is 16.4. The summed E-state index contributed by atoms with van der Waals surface area (Å²) in [6, 6.07) is 13.2. The lowest BCUT2D eigenvalue weighted by atomic mass is 9.83. The van der Waals surface area contributed by atoms with E-state index < -0.39 is 0 Å². The summed E-state index contributed by atoms with van der Waals surface area (Å²) in [7, 11) is 0. The van der Waals surface area contributed by atoms with Crippen molar-refractivity contribution in [1.82, 2.24) is 0 Å². The first kappa shape index (κ1) is 18.9. The fourth-order valence-corrected chi connectivity index (χ4v) is 4.11. The minimum absolute atomic E-state index is 0.156. The van der Waals surface area contributed by atoms with Crippen molar-refractivity contribution in [3.05, 3.63) is 58.7 Å². The van der Waals surface area contributed by atoms with Crippen molar-refractivity contribution in [3.63, 3.8) is 0 Å². The average Bonchev–Trinajstić information content (AvgIpc) is 2.66. The third-order valence-electron chi connectivity index (χ3n) is 5.70. The molecule has 0 bridgehead atoms. The lowest BCUT2D eigenvalue weighted by Gasteiger charge is -2.21. The summed E-state index contributed by atoms with van der Waals surface area (Å²) in [6.45, 7) is 3.92. The minimum atomic E-state index is 0.156. The van der Waals surface area contributed by atoms with Gasteiger partial charge in [0.2, 0.25) is 0 Å². The van der Waals surface area contributed by atoms with Gasteiger partial charge in [0.15, 0.2) is 5.78 Å². The number of rotatable bonds is 9. The molecule has 0 amide bonds. The Hall–Kier alpha value is -1.89. The Morgan fingerprint density at radius 2 is 1.42 bits per heavy atom. The van der Waals surface area contributed by atoms with Gasteiger partial charge in [0.25, 0.3) is 0 Å². The predicted molar refractivity (Wildman–Crippen MR) is 111 cm³/mol. The van der Waals surface area contributed by atoms with Crippen molar-refractivity contribution in [2.24, 2.45) is 0 Å². The first-order chi connectivity index (χ1) is 12.7. The highest BCUT2D eigenvalue weighted by Crippen LogP contribution is 2.34. The molecule has 0 radical (unpaired) electrons. The van der Waals surface area contributed by atoms with E-state index in [1.807, 2.05) is 6.07 Å². The largest absolute Gasteiger partial charge is 0.295 e. The summed E-state index contributed by atoms with van der Waals surface area (Å²) >= 11 is 0. The van der Waals surface area contributed by atoms with E-state index in [9.17, 15) is 4.79 Å². The minimum Gasteiger partial charge on any atom is -0.295 e. The number of Topliss-reactive ketones (excluding diaryl/α,β-unsaturated/α-hetero) is 1. The molecule has 0 aromatic heterocycles. The number of fused-ring (bicyclic) bond motifs is 3. The van der Waals surface area contributed by atoms with Crippen LogP contribution in [0.5, 0.6) is 0 Å². The van der Waals surface area contributed by atoms with Crippen LogP contribution in [0.15, 0.2) is 36.4 Å². The summed E-state index contributed by atoms with van der Waals surface area (Å²) in [5, 5.41) is 0. The topological polar surface area (TPSA) is 17.1 Å². The predicted octanol–water partition coefficient (Wildman–Crippen LogP) is 6.95. The van der Waals surface area contributed by atoms with Crippen molar-refractivity contribution in [1.29, 1.82) is 0 Å². The number of carbonyl (C=O) groups is 1. The van der Waals surface area contributed by atoms with E-state index in [0.29, 0.717) is 0 Å². The second-order valence-corrected chi connectivity index (χ2v) is 7.79.